The van der Waals surface area contributed by atoms with Crippen LogP contribution in [0.15, 0.2) is 10.7 Å². The van der Waals surface area contributed by atoms with Gasteiger partial charge in [-0.3, -0.25) is 0 Å². The van der Waals surface area contributed by atoms with E-state index in [1.54, 1.807) is 14.0 Å². The summed E-state index contributed by atoms with van der Waals surface area (Å²) >= 11 is 0. The summed E-state index contributed by atoms with van der Waals surface area (Å²) in [7, 11) is 1.60. The average Bonchev–Trinajstić information content (AvgIpc) is 2.14. The molecule has 0 radical (unpaired) electrons. The maximum absolute atomic E-state index is 10.2. The number of hydrogen-bond donors (Lipinski definition) is 0. The standard InChI is InChI=1S/C6H7NO3/c1-4-3-10-5(6(8)9)7(4)2/h3H,1-2H3. The highest BCUT2D eigenvalue weighted by Gasteiger charge is 2.14. The predicted molar refractivity (Wildman–Crippen MR) is 29.0 cm³/mol. The Bertz CT molecular complexity index is 264. The van der Waals surface area contributed by atoms with Crippen LogP contribution in [0.25, 0.3) is 0 Å². The van der Waals surface area contributed by atoms with Crippen molar-refractivity contribution in [1.29, 1.82) is 0 Å². The minimum atomic E-state index is -1.30. The van der Waals surface area contributed by atoms with Gasteiger partial charge in [-0.15, -0.1) is 0 Å². The molecule has 0 aromatic carbocycles. The van der Waals surface area contributed by atoms with Gasteiger partial charge in [0.25, 0.3) is 0 Å². The Labute approximate surface area is 57.7 Å². The van der Waals surface area contributed by atoms with E-state index in [9.17, 15) is 9.90 Å². The van der Waals surface area contributed by atoms with Crippen LogP contribution in [0.3, 0.4) is 0 Å². The van der Waals surface area contributed by atoms with Crippen LogP contribution in [-0.2, 0) is 7.05 Å². The van der Waals surface area contributed by atoms with Gasteiger partial charge in [0.2, 0.25) is 5.69 Å². The molecule has 0 saturated heterocycles. The Kier molecular flexibility index (Phi) is 1.45. The van der Waals surface area contributed by atoms with Crippen molar-refractivity contribution in [3.63, 3.8) is 0 Å². The lowest BCUT2D eigenvalue weighted by atomic mass is 10.5. The lowest BCUT2D eigenvalue weighted by Crippen LogP contribution is -2.40. The fourth-order valence-electron chi connectivity index (χ4n) is 0.644. The average molecular weight is 141 g/mol. The van der Waals surface area contributed by atoms with Gasteiger partial charge in [0.1, 0.15) is 7.05 Å². The molecule has 0 spiro atoms. The number of aromatic carboxylic acids is 1. The van der Waals surface area contributed by atoms with Crippen molar-refractivity contribution in [1.82, 2.24) is 0 Å². The van der Waals surface area contributed by atoms with Crippen molar-refractivity contribution in [2.75, 3.05) is 0 Å². The van der Waals surface area contributed by atoms with Crippen LogP contribution in [0, 0.1) is 6.92 Å². The number of oxazole rings is 1. The van der Waals surface area contributed by atoms with Crippen LogP contribution in [0.1, 0.15) is 16.4 Å². The van der Waals surface area contributed by atoms with Crippen LogP contribution >= 0.6 is 0 Å². The molecule has 0 bridgehead atoms. The molecule has 0 saturated carbocycles. The second kappa shape index (κ2) is 2.13. The van der Waals surface area contributed by atoms with Crippen LogP contribution in [-0.4, -0.2) is 5.97 Å². The van der Waals surface area contributed by atoms with Crippen LogP contribution < -0.4 is 9.67 Å². The summed E-state index contributed by atoms with van der Waals surface area (Å²) in [6.45, 7) is 1.75. The lowest BCUT2D eigenvalue weighted by Gasteiger charge is -1.89. The maximum Gasteiger partial charge on any atom is 0.396 e. The Morgan fingerprint density at radius 2 is 2.40 bits per heavy atom. The third kappa shape index (κ3) is 0.877. The highest BCUT2D eigenvalue weighted by Crippen LogP contribution is 1.94. The highest BCUT2D eigenvalue weighted by atomic mass is 16.4. The van der Waals surface area contributed by atoms with Crippen molar-refractivity contribution in [3.05, 3.63) is 17.8 Å². The number of aromatic nitrogens is 1. The lowest BCUT2D eigenvalue weighted by molar-refractivity contribution is -0.685. The fraction of sp³-hybridized carbons (Fsp3) is 0.333. The molecule has 10 heavy (non-hydrogen) atoms. The fourth-order valence-corrected chi connectivity index (χ4v) is 0.644. The smallest absolute Gasteiger partial charge is 0.396 e. The second-order valence-electron chi connectivity index (χ2n) is 2.03. The number of rotatable bonds is 1. The summed E-state index contributed by atoms with van der Waals surface area (Å²) in [5.74, 6) is -1.45. The Hall–Kier alpha value is -1.32. The zero-order valence-corrected chi connectivity index (χ0v) is 5.75. The number of hydrogen-bond acceptors (Lipinski definition) is 3. The van der Waals surface area contributed by atoms with Crippen molar-refractivity contribution >= 4 is 5.97 Å². The van der Waals surface area contributed by atoms with Gasteiger partial charge in [-0.05, 0) is 0 Å². The molecular formula is C6H7NO3. The molecule has 0 aliphatic heterocycles. The van der Waals surface area contributed by atoms with Gasteiger partial charge in [-0.1, -0.05) is 0 Å². The molecule has 4 heteroatoms. The SMILES string of the molecule is Cc1coc(C(=O)[O-])[n+]1C. The summed E-state index contributed by atoms with van der Waals surface area (Å²) in [6, 6.07) is 0. The zero-order valence-electron chi connectivity index (χ0n) is 5.75. The van der Waals surface area contributed by atoms with E-state index in [4.69, 9.17) is 0 Å². The summed E-state index contributed by atoms with van der Waals surface area (Å²) in [5, 5.41) is 10.2. The molecule has 1 heterocycles. The minimum absolute atomic E-state index is 0.155. The topological polar surface area (TPSA) is 57.1 Å². The van der Waals surface area contributed by atoms with Gasteiger partial charge < -0.3 is 14.3 Å². The number of carboxylic acid groups (broad SMARTS) is 1. The van der Waals surface area contributed by atoms with E-state index < -0.39 is 5.97 Å². The van der Waals surface area contributed by atoms with Gasteiger partial charge in [-0.25, -0.2) is 0 Å². The largest absolute Gasteiger partial charge is 0.537 e. The van der Waals surface area contributed by atoms with E-state index in [0.29, 0.717) is 0 Å². The highest BCUT2D eigenvalue weighted by molar-refractivity contribution is 5.78. The first kappa shape index (κ1) is 6.80. The first-order chi connectivity index (χ1) is 4.63. The third-order valence-electron chi connectivity index (χ3n) is 1.35. The molecule has 0 atom stereocenters. The van der Waals surface area contributed by atoms with Gasteiger partial charge in [-0.2, -0.15) is 4.57 Å². The number of nitrogens with zero attached hydrogens (tertiary/aromatic N) is 1. The molecule has 1 aromatic rings. The third-order valence-corrected chi connectivity index (χ3v) is 1.35. The van der Waals surface area contributed by atoms with E-state index in [-0.39, 0.29) is 5.89 Å². The van der Waals surface area contributed by atoms with Crippen LogP contribution in [0.4, 0.5) is 0 Å². The molecular weight excluding hydrogens is 134 g/mol. The summed E-state index contributed by atoms with van der Waals surface area (Å²) in [4.78, 5) is 10.2. The number of carbonyl (C=O) groups excluding carboxylic acids is 1. The van der Waals surface area contributed by atoms with Crippen LogP contribution in [0.5, 0.6) is 0 Å². The molecule has 0 aliphatic carbocycles. The maximum atomic E-state index is 10.2. The number of aryl methyl sites for hydroxylation is 1. The Morgan fingerprint density at radius 1 is 1.80 bits per heavy atom. The number of carboxylic acids is 1. The zero-order chi connectivity index (χ0) is 7.72. The van der Waals surface area contributed by atoms with Gasteiger partial charge >= 0.3 is 5.89 Å². The summed E-state index contributed by atoms with van der Waals surface area (Å²) < 4.78 is 6.07. The molecule has 0 aliphatic rings. The van der Waals surface area contributed by atoms with Crippen molar-refractivity contribution in [2.24, 2.45) is 7.05 Å². The van der Waals surface area contributed by atoms with Gasteiger partial charge in [0.15, 0.2) is 12.2 Å². The van der Waals surface area contributed by atoms with Crippen molar-refractivity contribution < 1.29 is 18.9 Å². The van der Waals surface area contributed by atoms with Crippen LogP contribution in [0.2, 0.25) is 0 Å². The number of carbonyl (C=O) groups is 1. The molecule has 0 fully saturated rings. The Morgan fingerprint density at radius 3 is 2.60 bits per heavy atom. The van der Waals surface area contributed by atoms with E-state index in [2.05, 4.69) is 4.42 Å². The normalized spacial score (nSPS) is 9.80. The quantitative estimate of drug-likeness (QED) is 0.460. The van der Waals surface area contributed by atoms with E-state index >= 15 is 0 Å². The molecule has 0 amide bonds. The van der Waals surface area contributed by atoms with Gasteiger partial charge in [0.05, 0.1) is 0 Å². The summed E-state index contributed by atoms with van der Waals surface area (Å²) in [6.07, 6.45) is 1.37. The first-order valence-corrected chi connectivity index (χ1v) is 2.78. The summed E-state index contributed by atoms with van der Waals surface area (Å²) in [5.41, 5.74) is 0.749. The van der Waals surface area contributed by atoms with E-state index in [1.807, 2.05) is 0 Å². The van der Waals surface area contributed by atoms with Gasteiger partial charge in [0, 0.05) is 6.92 Å². The van der Waals surface area contributed by atoms with E-state index in [1.165, 1.54) is 10.8 Å². The van der Waals surface area contributed by atoms with Crippen molar-refractivity contribution in [2.45, 2.75) is 6.92 Å². The molecule has 0 N–H and O–H groups in total. The van der Waals surface area contributed by atoms with E-state index in [0.717, 1.165) is 5.69 Å². The molecule has 1 rings (SSSR count). The minimum Gasteiger partial charge on any atom is -0.537 e. The first-order valence-electron chi connectivity index (χ1n) is 2.78. The van der Waals surface area contributed by atoms with Crippen molar-refractivity contribution in [3.8, 4) is 0 Å². The monoisotopic (exact) mass is 141 g/mol. The molecule has 1 aromatic heterocycles. The molecule has 54 valence electrons. The Balaban J connectivity index is 3.17. The predicted octanol–water partition coefficient (Wildman–Crippen LogP) is -1.22. The molecule has 0 unspecified atom stereocenters. The molecule has 4 nitrogen and oxygen atoms in total. The second-order valence-corrected chi connectivity index (χ2v) is 2.03.